The average molecular weight is 247 g/mol. The second-order valence-electron chi connectivity index (χ2n) is 6.10. The highest BCUT2D eigenvalue weighted by atomic mass is 15.4. The Morgan fingerprint density at radius 3 is 3.00 bits per heavy atom. The number of aromatic amines is 1. The van der Waals surface area contributed by atoms with Gasteiger partial charge in [-0.05, 0) is 44.1 Å². The summed E-state index contributed by atoms with van der Waals surface area (Å²) in [6, 6.07) is 0.657. The summed E-state index contributed by atoms with van der Waals surface area (Å²) in [6.07, 6.45) is 6.50. The summed E-state index contributed by atoms with van der Waals surface area (Å²) in [7, 11) is 0. The van der Waals surface area contributed by atoms with Crippen molar-refractivity contribution in [1.82, 2.24) is 20.5 Å². The molecule has 18 heavy (non-hydrogen) atoms. The van der Waals surface area contributed by atoms with Gasteiger partial charge < -0.3 is 10.2 Å². The third-order valence-corrected chi connectivity index (χ3v) is 4.58. The maximum Gasteiger partial charge on any atom is 0.244 e. The first-order chi connectivity index (χ1) is 8.88. The summed E-state index contributed by atoms with van der Waals surface area (Å²) in [6.45, 7) is 3.37. The van der Waals surface area contributed by atoms with Crippen LogP contribution < -0.4 is 10.2 Å². The van der Waals surface area contributed by atoms with Crippen LogP contribution in [0.3, 0.4) is 0 Å². The lowest BCUT2D eigenvalue weighted by Gasteiger charge is -2.24. The molecule has 3 heterocycles. The van der Waals surface area contributed by atoms with Gasteiger partial charge in [0.2, 0.25) is 5.95 Å². The van der Waals surface area contributed by atoms with Crippen LogP contribution in [-0.2, 0) is 6.42 Å². The average Bonchev–Trinajstić information content (AvgIpc) is 2.92. The number of aromatic nitrogens is 3. The Morgan fingerprint density at radius 1 is 1.22 bits per heavy atom. The Bertz CT molecular complexity index is 411. The van der Waals surface area contributed by atoms with Crippen LogP contribution in [0.15, 0.2) is 0 Å². The molecule has 2 N–H and O–H groups in total. The summed E-state index contributed by atoms with van der Waals surface area (Å²) < 4.78 is 0. The molecular formula is C13H21N5. The maximum atomic E-state index is 4.66. The fraction of sp³-hybridized carbons (Fsp3) is 0.846. The lowest BCUT2D eigenvalue weighted by molar-refractivity contribution is 0.340. The van der Waals surface area contributed by atoms with Gasteiger partial charge in [-0.2, -0.15) is 4.98 Å². The van der Waals surface area contributed by atoms with Crippen molar-refractivity contribution in [3.63, 3.8) is 0 Å². The zero-order chi connectivity index (χ0) is 11.9. The quantitative estimate of drug-likeness (QED) is 0.835. The number of hydrogen-bond acceptors (Lipinski definition) is 4. The molecule has 0 radical (unpaired) electrons. The van der Waals surface area contributed by atoms with E-state index < -0.39 is 0 Å². The van der Waals surface area contributed by atoms with E-state index in [9.17, 15) is 0 Å². The number of fused-ring (bicyclic) bond motifs is 1. The highest BCUT2D eigenvalue weighted by Gasteiger charge is 2.35. The summed E-state index contributed by atoms with van der Waals surface area (Å²) in [5.41, 5.74) is 0. The molecule has 0 bridgehead atoms. The Hall–Kier alpha value is -1.10. The lowest BCUT2D eigenvalue weighted by Crippen LogP contribution is -2.40. The van der Waals surface area contributed by atoms with Crippen LogP contribution in [0.4, 0.5) is 5.95 Å². The molecule has 0 spiro atoms. The molecule has 3 aliphatic rings. The first-order valence-electron chi connectivity index (χ1n) is 7.28. The van der Waals surface area contributed by atoms with Crippen LogP contribution >= 0.6 is 0 Å². The van der Waals surface area contributed by atoms with Crippen LogP contribution in [0.5, 0.6) is 0 Å². The number of piperidine rings is 1. The summed E-state index contributed by atoms with van der Waals surface area (Å²) in [5.74, 6) is 3.66. The zero-order valence-corrected chi connectivity index (χ0v) is 10.7. The van der Waals surface area contributed by atoms with Gasteiger partial charge in [-0.1, -0.05) is 0 Å². The normalized spacial score (nSPS) is 31.7. The summed E-state index contributed by atoms with van der Waals surface area (Å²) in [4.78, 5) is 7.01. The molecule has 0 aromatic carbocycles. The number of nitrogens with one attached hydrogen (secondary N) is 2. The number of hydrogen-bond donors (Lipinski definition) is 2. The molecular weight excluding hydrogens is 226 g/mol. The first kappa shape index (κ1) is 10.8. The third-order valence-electron chi connectivity index (χ3n) is 4.58. The first-order valence-corrected chi connectivity index (χ1v) is 7.28. The van der Waals surface area contributed by atoms with Crippen molar-refractivity contribution in [2.75, 3.05) is 24.5 Å². The standard InChI is InChI=1S/C13H21N5/c1-2-10-7-18(8-11(10)14-5-1)13-15-12(16-17-13)6-9-3-4-9/h9-11,14H,1-8H2,(H,15,16,17). The molecule has 4 rings (SSSR count). The van der Waals surface area contributed by atoms with Gasteiger partial charge in [-0.25, -0.2) is 0 Å². The number of anilines is 1. The van der Waals surface area contributed by atoms with Crippen LogP contribution in [0.1, 0.15) is 31.5 Å². The molecule has 1 aromatic rings. The molecule has 0 amide bonds. The van der Waals surface area contributed by atoms with Gasteiger partial charge in [0.15, 0.2) is 0 Å². The van der Waals surface area contributed by atoms with Gasteiger partial charge in [0.1, 0.15) is 5.82 Å². The molecule has 2 atom stereocenters. The Labute approximate surface area is 107 Å². The fourth-order valence-electron chi connectivity index (χ4n) is 3.32. The van der Waals surface area contributed by atoms with Crippen molar-refractivity contribution in [2.45, 2.75) is 38.1 Å². The smallest absolute Gasteiger partial charge is 0.244 e. The van der Waals surface area contributed by atoms with Gasteiger partial charge in [0.05, 0.1) is 0 Å². The molecule has 1 aromatic heterocycles. The van der Waals surface area contributed by atoms with E-state index >= 15 is 0 Å². The molecule has 2 aliphatic heterocycles. The predicted molar refractivity (Wildman–Crippen MR) is 69.5 cm³/mol. The van der Waals surface area contributed by atoms with Gasteiger partial charge in [-0.3, -0.25) is 5.10 Å². The van der Waals surface area contributed by atoms with E-state index in [2.05, 4.69) is 25.4 Å². The van der Waals surface area contributed by atoms with Crippen LogP contribution in [0.2, 0.25) is 0 Å². The van der Waals surface area contributed by atoms with E-state index in [1.54, 1.807) is 0 Å². The van der Waals surface area contributed by atoms with E-state index in [0.717, 1.165) is 43.1 Å². The van der Waals surface area contributed by atoms with Crippen molar-refractivity contribution in [3.8, 4) is 0 Å². The van der Waals surface area contributed by atoms with Gasteiger partial charge in [0.25, 0.3) is 0 Å². The van der Waals surface area contributed by atoms with Crippen LogP contribution in [0, 0.1) is 11.8 Å². The molecule has 2 unspecified atom stereocenters. The Morgan fingerprint density at radius 2 is 2.17 bits per heavy atom. The molecule has 5 heteroatoms. The monoisotopic (exact) mass is 247 g/mol. The van der Waals surface area contributed by atoms with Crippen LogP contribution in [0.25, 0.3) is 0 Å². The second kappa shape index (κ2) is 4.23. The molecule has 1 aliphatic carbocycles. The van der Waals surface area contributed by atoms with E-state index in [1.165, 1.54) is 32.2 Å². The van der Waals surface area contributed by atoms with E-state index in [0.29, 0.717) is 6.04 Å². The van der Waals surface area contributed by atoms with Gasteiger partial charge in [-0.15, -0.1) is 5.10 Å². The number of nitrogens with zero attached hydrogens (tertiary/aromatic N) is 3. The van der Waals surface area contributed by atoms with Crippen molar-refractivity contribution in [3.05, 3.63) is 5.82 Å². The van der Waals surface area contributed by atoms with E-state index in [-0.39, 0.29) is 0 Å². The van der Waals surface area contributed by atoms with E-state index in [1.807, 2.05) is 0 Å². The lowest BCUT2D eigenvalue weighted by atomic mass is 9.94. The SMILES string of the molecule is C1CNC2CN(c3n[nH]c(CC4CC4)n3)CC2C1. The largest absolute Gasteiger partial charge is 0.338 e. The van der Waals surface area contributed by atoms with Crippen molar-refractivity contribution in [2.24, 2.45) is 11.8 Å². The maximum absolute atomic E-state index is 4.66. The highest BCUT2D eigenvalue weighted by Crippen LogP contribution is 2.32. The molecule has 98 valence electrons. The Balaban J connectivity index is 1.44. The van der Waals surface area contributed by atoms with Crippen molar-refractivity contribution < 1.29 is 0 Å². The van der Waals surface area contributed by atoms with Gasteiger partial charge in [0, 0.05) is 25.6 Å². The minimum absolute atomic E-state index is 0.657. The predicted octanol–water partition coefficient (Wildman–Crippen LogP) is 0.945. The number of rotatable bonds is 3. The zero-order valence-electron chi connectivity index (χ0n) is 10.7. The van der Waals surface area contributed by atoms with Crippen molar-refractivity contribution in [1.29, 1.82) is 0 Å². The summed E-state index contributed by atoms with van der Waals surface area (Å²) in [5, 5.41) is 11.1. The molecule has 2 saturated heterocycles. The molecule has 1 saturated carbocycles. The highest BCUT2D eigenvalue weighted by molar-refractivity contribution is 5.32. The van der Waals surface area contributed by atoms with Crippen LogP contribution in [-0.4, -0.2) is 40.9 Å². The minimum atomic E-state index is 0.657. The Kier molecular flexibility index (Phi) is 2.53. The topological polar surface area (TPSA) is 56.8 Å². The molecule has 5 nitrogen and oxygen atoms in total. The summed E-state index contributed by atoms with van der Waals surface area (Å²) >= 11 is 0. The minimum Gasteiger partial charge on any atom is -0.338 e. The second-order valence-corrected chi connectivity index (χ2v) is 6.10. The molecule has 3 fully saturated rings. The van der Waals surface area contributed by atoms with E-state index in [4.69, 9.17) is 0 Å². The third kappa shape index (κ3) is 2.00. The van der Waals surface area contributed by atoms with Gasteiger partial charge >= 0.3 is 0 Å². The van der Waals surface area contributed by atoms with Crippen molar-refractivity contribution >= 4 is 5.95 Å². The number of H-pyrrole nitrogens is 1. The fourth-order valence-corrected chi connectivity index (χ4v) is 3.32.